The molecule has 1 heterocycles. The molecule has 0 N–H and O–H groups in total. The lowest BCUT2D eigenvalue weighted by atomic mass is 10.1. The van der Waals surface area contributed by atoms with Crippen molar-refractivity contribution in [1.29, 1.82) is 0 Å². The molecule has 0 saturated carbocycles. The minimum atomic E-state index is -0.278. The van der Waals surface area contributed by atoms with Gasteiger partial charge < -0.3 is 28.4 Å². The zero-order valence-electron chi connectivity index (χ0n) is 11.9. The van der Waals surface area contributed by atoms with Crippen molar-refractivity contribution >= 4 is 16.7 Å². The van der Waals surface area contributed by atoms with Gasteiger partial charge in [-0.1, -0.05) is 0 Å². The van der Waals surface area contributed by atoms with Gasteiger partial charge in [0.25, 0.3) is 0 Å². The fourth-order valence-electron chi connectivity index (χ4n) is 2.24. The van der Waals surface area contributed by atoms with Crippen LogP contribution in [0.1, 0.15) is 19.4 Å². The van der Waals surface area contributed by atoms with E-state index in [9.17, 15) is 4.79 Å². The van der Waals surface area contributed by atoms with Gasteiger partial charge in [0, 0.05) is 17.5 Å². The van der Waals surface area contributed by atoms with Gasteiger partial charge in [-0.3, -0.25) is 4.48 Å². The molecule has 2 aromatic rings. The second-order valence-corrected chi connectivity index (χ2v) is 4.96. The molecule has 0 atom stereocenters. The standard InChI is InChI=1S/C15H20NO2.HI/c1-5-16(4,6-2)12-7-8-13-11(3)9-15(17)18-14(13)10-12;/h7-10H,5-6H2,1-4H3;1H/q+1;/p-1. The Morgan fingerprint density at radius 2 is 1.79 bits per heavy atom. The summed E-state index contributed by atoms with van der Waals surface area (Å²) in [5, 5.41) is 1.01. The van der Waals surface area contributed by atoms with Gasteiger partial charge >= 0.3 is 5.63 Å². The summed E-state index contributed by atoms with van der Waals surface area (Å²) in [4.78, 5) is 11.4. The van der Waals surface area contributed by atoms with E-state index in [1.165, 1.54) is 11.8 Å². The lowest BCUT2D eigenvalue weighted by Gasteiger charge is -2.31. The first kappa shape index (κ1) is 16.2. The van der Waals surface area contributed by atoms with Crippen molar-refractivity contribution in [2.75, 3.05) is 20.1 Å². The van der Waals surface area contributed by atoms with E-state index in [1.54, 1.807) is 0 Å². The van der Waals surface area contributed by atoms with Crippen LogP contribution in [0.3, 0.4) is 0 Å². The number of benzene rings is 1. The Bertz CT molecular complexity index is 630. The van der Waals surface area contributed by atoms with Crippen LogP contribution >= 0.6 is 0 Å². The molecule has 0 saturated heterocycles. The highest BCUT2D eigenvalue weighted by Crippen LogP contribution is 2.26. The van der Waals surface area contributed by atoms with Gasteiger partial charge in [0.05, 0.1) is 20.1 Å². The molecule has 0 bridgehead atoms. The van der Waals surface area contributed by atoms with Gasteiger partial charge in [0.2, 0.25) is 0 Å². The molecule has 104 valence electrons. The van der Waals surface area contributed by atoms with Gasteiger partial charge in [-0.2, -0.15) is 0 Å². The van der Waals surface area contributed by atoms with E-state index >= 15 is 0 Å². The third-order valence-electron chi connectivity index (χ3n) is 3.95. The molecule has 1 aromatic carbocycles. The summed E-state index contributed by atoms with van der Waals surface area (Å²) in [6, 6.07) is 7.71. The zero-order valence-corrected chi connectivity index (χ0v) is 14.0. The molecule has 0 spiro atoms. The summed E-state index contributed by atoms with van der Waals surface area (Å²) in [7, 11) is 2.19. The minimum Gasteiger partial charge on any atom is -1.00 e. The zero-order chi connectivity index (χ0) is 13.3. The summed E-state index contributed by atoms with van der Waals surface area (Å²) in [5.74, 6) is 0. The third kappa shape index (κ3) is 3.00. The molecule has 19 heavy (non-hydrogen) atoms. The van der Waals surface area contributed by atoms with Crippen LogP contribution in [-0.4, -0.2) is 20.1 Å². The first-order valence-corrected chi connectivity index (χ1v) is 6.40. The van der Waals surface area contributed by atoms with Gasteiger partial charge in [-0.05, 0) is 38.5 Å². The molecule has 0 unspecified atom stereocenters. The minimum absolute atomic E-state index is 0. The number of quaternary nitrogens is 1. The molecule has 0 aliphatic rings. The molecule has 0 amide bonds. The molecule has 3 nitrogen and oxygen atoms in total. The number of rotatable bonds is 3. The fourth-order valence-corrected chi connectivity index (χ4v) is 2.24. The molecule has 2 rings (SSSR count). The van der Waals surface area contributed by atoms with E-state index in [4.69, 9.17) is 4.42 Å². The van der Waals surface area contributed by atoms with Crippen molar-refractivity contribution in [2.45, 2.75) is 20.8 Å². The largest absolute Gasteiger partial charge is 1.00 e. The number of aryl methyl sites for hydroxylation is 1. The van der Waals surface area contributed by atoms with Crippen LogP contribution in [0.5, 0.6) is 0 Å². The van der Waals surface area contributed by atoms with Crippen molar-refractivity contribution in [2.24, 2.45) is 0 Å². The average Bonchev–Trinajstić information content (AvgIpc) is 2.36. The molecular formula is C15H20INO2. The van der Waals surface area contributed by atoms with Crippen molar-refractivity contribution in [3.8, 4) is 0 Å². The van der Waals surface area contributed by atoms with Crippen molar-refractivity contribution in [3.63, 3.8) is 0 Å². The highest BCUT2D eigenvalue weighted by Gasteiger charge is 2.21. The van der Waals surface area contributed by atoms with Gasteiger partial charge in [-0.25, -0.2) is 4.79 Å². The average molecular weight is 373 g/mol. The van der Waals surface area contributed by atoms with Crippen LogP contribution in [0, 0.1) is 6.92 Å². The van der Waals surface area contributed by atoms with E-state index in [1.807, 2.05) is 19.1 Å². The molecule has 1 aromatic heterocycles. The Hall–Kier alpha value is -0.880. The molecular weight excluding hydrogens is 353 g/mol. The quantitative estimate of drug-likeness (QED) is 0.434. The monoisotopic (exact) mass is 373 g/mol. The Morgan fingerprint density at radius 1 is 1.16 bits per heavy atom. The molecule has 0 fully saturated rings. The van der Waals surface area contributed by atoms with Crippen LogP contribution in [0.25, 0.3) is 11.0 Å². The van der Waals surface area contributed by atoms with E-state index < -0.39 is 0 Å². The van der Waals surface area contributed by atoms with Gasteiger partial charge in [0.15, 0.2) is 0 Å². The number of fused-ring (bicyclic) bond motifs is 1. The molecule has 0 aliphatic heterocycles. The lowest BCUT2D eigenvalue weighted by Crippen LogP contribution is -3.00. The normalized spacial score (nSPS) is 11.4. The Kier molecular flexibility index (Phi) is 5.15. The number of hydrogen-bond acceptors (Lipinski definition) is 2. The maximum absolute atomic E-state index is 11.4. The topological polar surface area (TPSA) is 30.2 Å². The molecule has 0 radical (unpaired) electrons. The van der Waals surface area contributed by atoms with E-state index in [2.05, 4.69) is 27.0 Å². The maximum Gasteiger partial charge on any atom is 0.336 e. The van der Waals surface area contributed by atoms with Crippen LogP contribution in [0.2, 0.25) is 0 Å². The predicted molar refractivity (Wildman–Crippen MR) is 76.0 cm³/mol. The van der Waals surface area contributed by atoms with Crippen LogP contribution in [0.15, 0.2) is 33.5 Å². The smallest absolute Gasteiger partial charge is 0.336 e. The highest BCUT2D eigenvalue weighted by atomic mass is 127. The highest BCUT2D eigenvalue weighted by molar-refractivity contribution is 5.83. The van der Waals surface area contributed by atoms with Crippen molar-refractivity contribution < 1.29 is 28.4 Å². The van der Waals surface area contributed by atoms with Crippen molar-refractivity contribution in [1.82, 2.24) is 4.48 Å². The van der Waals surface area contributed by atoms with Crippen LogP contribution < -0.4 is 34.1 Å². The first-order valence-electron chi connectivity index (χ1n) is 6.40. The second-order valence-electron chi connectivity index (χ2n) is 4.96. The maximum atomic E-state index is 11.4. The summed E-state index contributed by atoms with van der Waals surface area (Å²) >= 11 is 0. The lowest BCUT2D eigenvalue weighted by molar-refractivity contribution is -0.00000446. The number of halogens is 1. The summed E-state index contributed by atoms with van der Waals surface area (Å²) in [6.07, 6.45) is 0. The Balaban J connectivity index is 0.00000180. The SMILES string of the molecule is CC[N+](C)(CC)c1ccc2c(C)cc(=O)oc2c1.[I-]. The van der Waals surface area contributed by atoms with E-state index in [0.29, 0.717) is 5.58 Å². The third-order valence-corrected chi connectivity index (χ3v) is 3.95. The van der Waals surface area contributed by atoms with Gasteiger partial charge in [-0.15, -0.1) is 0 Å². The molecule has 4 heteroatoms. The first-order chi connectivity index (χ1) is 8.50. The fraction of sp³-hybridized carbons (Fsp3) is 0.400. The predicted octanol–water partition coefficient (Wildman–Crippen LogP) is 0.0823. The number of hydrogen-bond donors (Lipinski definition) is 0. The molecule has 0 aliphatic carbocycles. The summed E-state index contributed by atoms with van der Waals surface area (Å²) in [6.45, 7) is 8.29. The van der Waals surface area contributed by atoms with E-state index in [0.717, 1.165) is 28.5 Å². The van der Waals surface area contributed by atoms with Crippen molar-refractivity contribution in [3.05, 3.63) is 40.2 Å². The van der Waals surface area contributed by atoms with Crippen LogP contribution in [-0.2, 0) is 0 Å². The van der Waals surface area contributed by atoms with Gasteiger partial charge in [0.1, 0.15) is 11.3 Å². The summed E-state index contributed by atoms with van der Waals surface area (Å²) < 4.78 is 6.14. The number of nitrogens with zero attached hydrogens (tertiary/aromatic N) is 1. The summed E-state index contributed by atoms with van der Waals surface area (Å²) in [5.41, 5.74) is 2.55. The Labute approximate surface area is 130 Å². The second kappa shape index (κ2) is 6.05. The van der Waals surface area contributed by atoms with Crippen LogP contribution in [0.4, 0.5) is 5.69 Å². The van der Waals surface area contributed by atoms with E-state index in [-0.39, 0.29) is 29.6 Å². The Morgan fingerprint density at radius 3 is 2.37 bits per heavy atom.